The molecule has 0 fully saturated rings. The molecule has 0 atom stereocenters. The van der Waals surface area contributed by atoms with Crippen molar-refractivity contribution >= 4 is 17.1 Å². The number of Topliss-reactive ketones (excluding diaryl/α,β-unsaturated/α-hetero) is 1. The molecule has 0 saturated carbocycles. The number of rotatable bonds is 6. The third-order valence-corrected chi connectivity index (χ3v) is 5.99. The average Bonchev–Trinajstić information content (AvgIpc) is 3.12. The Labute approximate surface area is 177 Å². The number of thiazole rings is 1. The summed E-state index contributed by atoms with van der Waals surface area (Å²) in [6.45, 7) is 5.66. The van der Waals surface area contributed by atoms with Gasteiger partial charge in [-0.15, -0.1) is 11.3 Å². The van der Waals surface area contributed by atoms with Gasteiger partial charge in [-0.3, -0.25) is 9.90 Å². The summed E-state index contributed by atoms with van der Waals surface area (Å²) >= 11 is 1.40. The number of carbonyl (C=O) groups is 1. The third kappa shape index (κ3) is 4.90. The number of hydrogen-bond donors (Lipinski definition) is 0. The van der Waals surface area contributed by atoms with Gasteiger partial charge < -0.3 is 0 Å². The fraction of sp³-hybridized carbons (Fsp3) is 0.304. The van der Waals surface area contributed by atoms with Crippen LogP contribution in [0.15, 0.2) is 42.5 Å². The van der Waals surface area contributed by atoms with Crippen molar-refractivity contribution < 1.29 is 23.1 Å². The number of aromatic nitrogens is 1. The molecule has 157 valence electrons. The molecule has 0 aliphatic carbocycles. The molecule has 3 nitrogen and oxygen atoms in total. The molecule has 3 aromatic rings. The first-order chi connectivity index (χ1) is 14.1. The summed E-state index contributed by atoms with van der Waals surface area (Å²) in [5.41, 5.74) is 1.82. The first-order valence-corrected chi connectivity index (χ1v) is 10.4. The van der Waals surface area contributed by atoms with E-state index in [1.807, 2.05) is 13.8 Å². The summed E-state index contributed by atoms with van der Waals surface area (Å²) in [6, 6.07) is 9.50. The van der Waals surface area contributed by atoms with Crippen LogP contribution in [0.4, 0.5) is 13.2 Å². The minimum Gasteiger partial charge on any atom is -0.294 e. The van der Waals surface area contributed by atoms with E-state index in [1.165, 1.54) is 29.5 Å². The topological polar surface area (TPSA) is 49.9 Å². The first kappa shape index (κ1) is 22.0. The predicted octanol–water partition coefficient (Wildman–Crippen LogP) is 7.22. The molecule has 1 aromatic heterocycles. The van der Waals surface area contributed by atoms with Gasteiger partial charge in [0.1, 0.15) is 5.01 Å². The molecule has 0 saturated heterocycles. The number of ketones is 1. The molecular weight excluding hydrogens is 411 g/mol. The molecule has 3 rings (SSSR count). The maximum absolute atomic E-state index is 12.8. The van der Waals surface area contributed by atoms with Crippen LogP contribution in [-0.2, 0) is 17.7 Å². The Hall–Kier alpha value is -2.67. The van der Waals surface area contributed by atoms with E-state index in [2.05, 4.69) is 4.98 Å². The molecule has 7 heteroatoms. The van der Waals surface area contributed by atoms with Crippen molar-refractivity contribution in [3.63, 3.8) is 0 Å². The number of aryl methyl sites for hydroxylation is 2. The zero-order valence-electron chi connectivity index (χ0n) is 16.8. The van der Waals surface area contributed by atoms with E-state index in [1.54, 1.807) is 19.1 Å². The van der Waals surface area contributed by atoms with Crippen LogP contribution in [0.2, 0.25) is 0 Å². The van der Waals surface area contributed by atoms with Crippen molar-refractivity contribution in [3.05, 3.63) is 69.7 Å². The normalized spacial score (nSPS) is 11.8. The lowest BCUT2D eigenvalue weighted by Crippen LogP contribution is -2.03. The van der Waals surface area contributed by atoms with Crippen molar-refractivity contribution in [3.8, 4) is 16.3 Å². The van der Waals surface area contributed by atoms with Gasteiger partial charge in [0.2, 0.25) is 0 Å². The molecule has 1 radical (unpaired) electrons. The smallest absolute Gasteiger partial charge is 0.294 e. The van der Waals surface area contributed by atoms with E-state index in [0.29, 0.717) is 28.1 Å². The number of benzene rings is 2. The number of carbonyl (C=O) groups excluding carboxylic acids is 1. The molecule has 0 amide bonds. The summed E-state index contributed by atoms with van der Waals surface area (Å²) in [4.78, 5) is 18.1. The summed E-state index contributed by atoms with van der Waals surface area (Å²) in [5.74, 6) is -0.0360. The van der Waals surface area contributed by atoms with Gasteiger partial charge in [0.05, 0.1) is 11.3 Å². The van der Waals surface area contributed by atoms with Crippen LogP contribution in [0.5, 0.6) is 5.75 Å². The van der Waals surface area contributed by atoms with Gasteiger partial charge in [0.15, 0.2) is 11.5 Å². The number of hydrogen-bond acceptors (Lipinski definition) is 3. The van der Waals surface area contributed by atoms with Gasteiger partial charge in [0.25, 0.3) is 0 Å². The number of halogens is 3. The van der Waals surface area contributed by atoms with Crippen molar-refractivity contribution in [2.75, 3.05) is 0 Å². The lowest BCUT2D eigenvalue weighted by molar-refractivity contribution is -0.137. The highest BCUT2D eigenvalue weighted by Gasteiger charge is 2.30. The molecule has 0 aliphatic heterocycles. The standard InChI is InChI=1S/C23H21F3NO2S/c1-13(2)21-20(11-10-19(29)16-6-9-18(28)14(3)12-16)30-22(27-21)15-4-7-17(8-5-15)23(24,25)26/h4-9,12-13H,10-11H2,1-3H3. The number of alkyl halides is 3. The van der Waals surface area contributed by atoms with E-state index < -0.39 is 11.7 Å². The van der Waals surface area contributed by atoms with Crippen molar-refractivity contribution in [1.29, 1.82) is 0 Å². The Morgan fingerprint density at radius 2 is 1.77 bits per heavy atom. The second-order valence-electron chi connectivity index (χ2n) is 7.46. The van der Waals surface area contributed by atoms with Gasteiger partial charge >= 0.3 is 6.18 Å². The maximum atomic E-state index is 12.8. The highest BCUT2D eigenvalue weighted by Crippen LogP contribution is 2.35. The van der Waals surface area contributed by atoms with Crippen LogP contribution in [0, 0.1) is 6.92 Å². The summed E-state index contributed by atoms with van der Waals surface area (Å²) in [6.07, 6.45) is -3.62. The highest BCUT2D eigenvalue weighted by molar-refractivity contribution is 7.15. The summed E-state index contributed by atoms with van der Waals surface area (Å²) < 4.78 is 38.4. The van der Waals surface area contributed by atoms with Gasteiger partial charge in [-0.2, -0.15) is 13.2 Å². The number of nitrogens with zero attached hydrogens (tertiary/aromatic N) is 1. The fourth-order valence-corrected chi connectivity index (χ4v) is 4.33. The van der Waals surface area contributed by atoms with E-state index in [4.69, 9.17) is 0 Å². The molecular formula is C23H21F3NO2S. The lowest BCUT2D eigenvalue weighted by atomic mass is 10.0. The quantitative estimate of drug-likeness (QED) is 0.386. The van der Waals surface area contributed by atoms with Crippen LogP contribution < -0.4 is 0 Å². The Balaban J connectivity index is 1.80. The molecule has 0 spiro atoms. The lowest BCUT2D eigenvalue weighted by Gasteiger charge is -2.06. The van der Waals surface area contributed by atoms with Gasteiger partial charge in [-0.1, -0.05) is 26.0 Å². The molecule has 30 heavy (non-hydrogen) atoms. The molecule has 0 N–H and O–H groups in total. The van der Waals surface area contributed by atoms with Crippen molar-refractivity contribution in [2.45, 2.75) is 45.7 Å². The van der Waals surface area contributed by atoms with E-state index in [-0.39, 0.29) is 23.9 Å². The predicted molar refractivity (Wildman–Crippen MR) is 111 cm³/mol. The minimum absolute atomic E-state index is 0.0581. The van der Waals surface area contributed by atoms with Gasteiger partial charge in [0, 0.05) is 22.4 Å². The molecule has 0 bridgehead atoms. The van der Waals surface area contributed by atoms with E-state index >= 15 is 0 Å². The SMILES string of the molecule is Cc1cc(C(=O)CCc2sc(-c3ccc(C(F)(F)F)cc3)nc2C(C)C)ccc1[O]. The van der Waals surface area contributed by atoms with Crippen LogP contribution in [0.3, 0.4) is 0 Å². The van der Waals surface area contributed by atoms with Gasteiger partial charge in [-0.05, 0) is 55.2 Å². The monoisotopic (exact) mass is 432 g/mol. The summed E-state index contributed by atoms with van der Waals surface area (Å²) in [5, 5.41) is 12.2. The van der Waals surface area contributed by atoms with E-state index in [9.17, 15) is 23.1 Å². The third-order valence-electron chi connectivity index (χ3n) is 4.81. The minimum atomic E-state index is -4.38. The van der Waals surface area contributed by atoms with E-state index in [0.717, 1.165) is 22.7 Å². The largest absolute Gasteiger partial charge is 0.416 e. The second kappa shape index (κ2) is 8.60. The summed E-state index contributed by atoms with van der Waals surface area (Å²) in [7, 11) is 0. The Morgan fingerprint density at radius 1 is 1.10 bits per heavy atom. The van der Waals surface area contributed by atoms with Gasteiger partial charge in [-0.25, -0.2) is 4.98 Å². The van der Waals surface area contributed by atoms with Crippen LogP contribution in [0.1, 0.15) is 58.2 Å². The Kier molecular flexibility index (Phi) is 6.31. The Morgan fingerprint density at radius 3 is 2.33 bits per heavy atom. The fourth-order valence-electron chi connectivity index (χ4n) is 3.11. The molecule has 0 unspecified atom stereocenters. The zero-order chi connectivity index (χ0) is 22.1. The maximum Gasteiger partial charge on any atom is 0.416 e. The van der Waals surface area contributed by atoms with Crippen LogP contribution in [-0.4, -0.2) is 10.8 Å². The second-order valence-corrected chi connectivity index (χ2v) is 8.54. The Bertz CT molecular complexity index is 1050. The van der Waals surface area contributed by atoms with Crippen LogP contribution in [0.25, 0.3) is 10.6 Å². The van der Waals surface area contributed by atoms with Crippen molar-refractivity contribution in [2.24, 2.45) is 0 Å². The first-order valence-electron chi connectivity index (χ1n) is 9.54. The van der Waals surface area contributed by atoms with Crippen LogP contribution >= 0.6 is 11.3 Å². The molecule has 1 heterocycles. The zero-order valence-corrected chi connectivity index (χ0v) is 17.7. The molecule has 0 aliphatic rings. The van der Waals surface area contributed by atoms with Crippen molar-refractivity contribution in [1.82, 2.24) is 4.98 Å². The highest BCUT2D eigenvalue weighted by atomic mass is 32.1. The molecule has 2 aromatic carbocycles. The average molecular weight is 432 g/mol.